The van der Waals surface area contributed by atoms with Crippen LogP contribution in [0.25, 0.3) is 0 Å². The normalized spacial score (nSPS) is 12.5. The van der Waals surface area contributed by atoms with Gasteiger partial charge in [-0.05, 0) is 6.04 Å². The Morgan fingerprint density at radius 2 is 1.21 bits per heavy atom. The summed E-state index contributed by atoms with van der Waals surface area (Å²) < 4.78 is 10.7. The molecule has 0 bridgehead atoms. The molecule has 0 N–H and O–H groups in total. The van der Waals surface area contributed by atoms with Crippen molar-refractivity contribution < 1.29 is 8.23 Å². The molecule has 0 fully saturated rings. The molecule has 0 aliphatic rings. The standard InChI is InChI=1S/C14H36O2Si3/c1-2-3-4-5-6-7-8-9-10-11-12-13-14-18-16-19-15-17/h2-14,18-19H2,1,17H3. The molecule has 0 spiro atoms. The van der Waals surface area contributed by atoms with Crippen LogP contribution in [0.5, 0.6) is 0 Å². The highest BCUT2D eigenvalue weighted by Crippen LogP contribution is 2.12. The molecule has 0 rings (SSSR count). The zero-order valence-corrected chi connectivity index (χ0v) is 18.3. The van der Waals surface area contributed by atoms with Crippen LogP contribution in [-0.2, 0) is 8.23 Å². The maximum atomic E-state index is 5.57. The SMILES string of the molecule is CCCCCCCCCCCCCC[SiH2]O[SiH2]O[SiH3]. The van der Waals surface area contributed by atoms with E-state index in [0.717, 1.165) is 10.5 Å². The summed E-state index contributed by atoms with van der Waals surface area (Å²) >= 11 is 0. The average Bonchev–Trinajstić information content (AvgIpc) is 2.43. The molecule has 2 nitrogen and oxygen atoms in total. The molecule has 0 radical (unpaired) electrons. The Balaban J connectivity index is 2.88. The lowest BCUT2D eigenvalue weighted by Gasteiger charge is -2.03. The highest BCUT2D eigenvalue weighted by atomic mass is 28.3. The van der Waals surface area contributed by atoms with Gasteiger partial charge in [-0.1, -0.05) is 84.0 Å². The van der Waals surface area contributed by atoms with Gasteiger partial charge in [-0.2, -0.15) is 0 Å². The second kappa shape index (κ2) is 18.6. The molecule has 0 aliphatic heterocycles. The Morgan fingerprint density at radius 1 is 0.737 bits per heavy atom. The van der Waals surface area contributed by atoms with Gasteiger partial charge in [-0.3, -0.25) is 0 Å². The van der Waals surface area contributed by atoms with E-state index in [2.05, 4.69) is 6.92 Å². The smallest absolute Gasteiger partial charge is 0.282 e. The number of hydrogen-bond acceptors (Lipinski definition) is 2. The Hall–Kier alpha value is 0.571. The van der Waals surface area contributed by atoms with Crippen LogP contribution in [0.1, 0.15) is 84.0 Å². The van der Waals surface area contributed by atoms with Crippen LogP contribution >= 0.6 is 0 Å². The van der Waals surface area contributed by atoms with Gasteiger partial charge in [0.2, 0.25) is 0 Å². The zero-order valence-electron chi connectivity index (χ0n) is 13.4. The van der Waals surface area contributed by atoms with Crippen LogP contribution in [0.3, 0.4) is 0 Å². The molecule has 19 heavy (non-hydrogen) atoms. The van der Waals surface area contributed by atoms with Gasteiger partial charge in [0, 0.05) is 0 Å². The molecule has 0 aromatic carbocycles. The van der Waals surface area contributed by atoms with Crippen LogP contribution in [0.4, 0.5) is 0 Å². The summed E-state index contributed by atoms with van der Waals surface area (Å²) in [7, 11) is 0.154. The minimum Gasteiger partial charge on any atom is -0.449 e. The van der Waals surface area contributed by atoms with Crippen LogP contribution in [-0.4, -0.2) is 30.3 Å². The third-order valence-corrected chi connectivity index (χ3v) is 7.15. The molecular formula is C14H36O2Si3. The number of rotatable bonds is 16. The van der Waals surface area contributed by atoms with Crippen molar-refractivity contribution in [2.75, 3.05) is 0 Å². The Kier molecular flexibility index (Phi) is 19.1. The van der Waals surface area contributed by atoms with Crippen molar-refractivity contribution in [2.45, 2.75) is 90.0 Å². The summed E-state index contributed by atoms with van der Waals surface area (Å²) in [6.07, 6.45) is 17.3. The first kappa shape index (κ1) is 19.6. The summed E-state index contributed by atoms with van der Waals surface area (Å²) in [5, 5.41) is 0. The molecule has 0 aliphatic carbocycles. The van der Waals surface area contributed by atoms with Crippen LogP contribution < -0.4 is 0 Å². The quantitative estimate of drug-likeness (QED) is 0.321. The molecule has 0 aromatic rings. The predicted molar refractivity (Wildman–Crippen MR) is 95.1 cm³/mol. The minimum atomic E-state index is -0.517. The topological polar surface area (TPSA) is 18.5 Å². The van der Waals surface area contributed by atoms with Crippen LogP contribution in [0.15, 0.2) is 0 Å². The first-order valence-corrected chi connectivity index (χ1v) is 12.0. The molecular weight excluding hydrogens is 284 g/mol. The van der Waals surface area contributed by atoms with Crippen molar-refractivity contribution in [2.24, 2.45) is 0 Å². The van der Waals surface area contributed by atoms with Gasteiger partial charge in [0.05, 0.1) is 0 Å². The van der Waals surface area contributed by atoms with E-state index in [4.69, 9.17) is 8.23 Å². The van der Waals surface area contributed by atoms with Gasteiger partial charge in [0.15, 0.2) is 0 Å². The lowest BCUT2D eigenvalue weighted by molar-refractivity contribution is 0.498. The van der Waals surface area contributed by atoms with Gasteiger partial charge < -0.3 is 8.23 Å². The summed E-state index contributed by atoms with van der Waals surface area (Å²) in [5.74, 6) is 0. The van der Waals surface area contributed by atoms with E-state index >= 15 is 0 Å². The monoisotopic (exact) mass is 320 g/mol. The Labute approximate surface area is 129 Å². The second-order valence-electron chi connectivity index (χ2n) is 5.56. The average molecular weight is 321 g/mol. The van der Waals surface area contributed by atoms with E-state index in [1.54, 1.807) is 0 Å². The molecule has 0 saturated heterocycles. The van der Waals surface area contributed by atoms with E-state index in [1.807, 2.05) is 0 Å². The molecule has 116 valence electrons. The summed E-state index contributed by atoms with van der Waals surface area (Å²) in [6.45, 7) is 2.29. The van der Waals surface area contributed by atoms with E-state index in [1.165, 1.54) is 83.1 Å². The summed E-state index contributed by atoms with van der Waals surface area (Å²) in [5.41, 5.74) is 0. The maximum absolute atomic E-state index is 5.57. The number of unbranched alkanes of at least 4 members (excludes halogenated alkanes) is 11. The Bertz CT molecular complexity index is 144. The summed E-state index contributed by atoms with van der Waals surface area (Å²) in [4.78, 5) is 0. The highest BCUT2D eigenvalue weighted by Gasteiger charge is 1.94. The third-order valence-electron chi connectivity index (χ3n) is 3.59. The number of hydrogen-bond donors (Lipinski definition) is 0. The van der Waals surface area contributed by atoms with Crippen molar-refractivity contribution >= 4 is 30.3 Å². The van der Waals surface area contributed by atoms with Crippen molar-refractivity contribution in [1.29, 1.82) is 0 Å². The largest absolute Gasteiger partial charge is 0.449 e. The Morgan fingerprint density at radius 3 is 1.68 bits per heavy atom. The fourth-order valence-corrected chi connectivity index (χ4v) is 6.38. The molecule has 0 heterocycles. The van der Waals surface area contributed by atoms with Crippen molar-refractivity contribution in [3.63, 3.8) is 0 Å². The predicted octanol–water partition coefficient (Wildman–Crippen LogP) is 2.50. The first-order valence-electron chi connectivity index (χ1n) is 8.48. The fourth-order valence-electron chi connectivity index (χ4n) is 2.36. The van der Waals surface area contributed by atoms with E-state index in [0.29, 0.717) is 0 Å². The zero-order chi connectivity index (χ0) is 14.0. The molecule has 0 amide bonds. The van der Waals surface area contributed by atoms with E-state index < -0.39 is 10.0 Å². The minimum absolute atomic E-state index is 0.199. The highest BCUT2D eigenvalue weighted by molar-refractivity contribution is 6.41. The molecule has 0 saturated carbocycles. The van der Waals surface area contributed by atoms with Crippen LogP contribution in [0.2, 0.25) is 6.04 Å². The van der Waals surface area contributed by atoms with Crippen molar-refractivity contribution in [1.82, 2.24) is 0 Å². The van der Waals surface area contributed by atoms with Crippen molar-refractivity contribution in [3.8, 4) is 0 Å². The van der Waals surface area contributed by atoms with Gasteiger partial charge in [0.1, 0.15) is 20.2 Å². The van der Waals surface area contributed by atoms with E-state index in [-0.39, 0.29) is 9.76 Å². The molecule has 0 aromatic heterocycles. The lowest BCUT2D eigenvalue weighted by atomic mass is 10.1. The maximum Gasteiger partial charge on any atom is 0.282 e. The molecule has 5 heteroatoms. The fraction of sp³-hybridized carbons (Fsp3) is 1.00. The van der Waals surface area contributed by atoms with Crippen LogP contribution in [0, 0.1) is 0 Å². The van der Waals surface area contributed by atoms with Gasteiger partial charge >= 0.3 is 0 Å². The van der Waals surface area contributed by atoms with Gasteiger partial charge in [0.25, 0.3) is 10.0 Å². The summed E-state index contributed by atoms with van der Waals surface area (Å²) in [6, 6.07) is 1.37. The van der Waals surface area contributed by atoms with Gasteiger partial charge in [-0.25, -0.2) is 0 Å². The second-order valence-corrected chi connectivity index (χ2v) is 10.9. The van der Waals surface area contributed by atoms with Crippen molar-refractivity contribution in [3.05, 3.63) is 0 Å². The van der Waals surface area contributed by atoms with E-state index in [9.17, 15) is 0 Å². The van der Waals surface area contributed by atoms with Gasteiger partial charge in [-0.15, -0.1) is 0 Å². The lowest BCUT2D eigenvalue weighted by Crippen LogP contribution is -2.06. The molecule has 0 unspecified atom stereocenters. The third kappa shape index (κ3) is 18.6. The first-order chi connectivity index (χ1) is 9.41. The molecule has 0 atom stereocenters.